The average Bonchev–Trinajstić information content (AvgIpc) is 3.30. The number of nitrogens with zero attached hydrogens (tertiary/aromatic N) is 4. The van der Waals surface area contributed by atoms with Gasteiger partial charge in [-0.05, 0) is 47.2 Å². The Morgan fingerprint density at radius 3 is 2.40 bits per heavy atom. The summed E-state index contributed by atoms with van der Waals surface area (Å²) in [5.41, 5.74) is 4.53. The zero-order valence-electron chi connectivity index (χ0n) is 23.6. The minimum Gasteiger partial charge on any atom is -0.493 e. The van der Waals surface area contributed by atoms with Crippen LogP contribution in [0.25, 0.3) is 5.82 Å². The minimum absolute atomic E-state index is 0.0855. The number of carbonyl (C=O) groups is 2. The van der Waals surface area contributed by atoms with Crippen molar-refractivity contribution in [3.8, 4) is 17.3 Å². The first-order valence-corrected chi connectivity index (χ1v) is 13.3. The summed E-state index contributed by atoms with van der Waals surface area (Å²) < 4.78 is 12.6. The van der Waals surface area contributed by atoms with E-state index in [9.17, 15) is 9.59 Å². The van der Waals surface area contributed by atoms with Crippen LogP contribution in [0.5, 0.6) is 11.5 Å². The first-order valence-electron chi connectivity index (χ1n) is 13.3. The van der Waals surface area contributed by atoms with E-state index in [1.165, 1.54) is 0 Å². The summed E-state index contributed by atoms with van der Waals surface area (Å²) in [6, 6.07) is 19.1. The maximum atomic E-state index is 13.4. The average molecular weight is 539 g/mol. The van der Waals surface area contributed by atoms with Gasteiger partial charge in [-0.2, -0.15) is 5.10 Å². The Hall–Kier alpha value is -4.46. The third-order valence-electron chi connectivity index (χ3n) is 7.26. The van der Waals surface area contributed by atoms with E-state index in [0.29, 0.717) is 59.9 Å². The third kappa shape index (κ3) is 5.47. The minimum atomic E-state index is -0.196. The first kappa shape index (κ1) is 27.1. The second-order valence-electron chi connectivity index (χ2n) is 11.0. The van der Waals surface area contributed by atoms with Gasteiger partial charge in [0, 0.05) is 32.6 Å². The van der Waals surface area contributed by atoms with Crippen LogP contribution in [0.1, 0.15) is 63.5 Å². The molecule has 0 atom stereocenters. The Bertz CT molecular complexity index is 1540. The summed E-state index contributed by atoms with van der Waals surface area (Å²) >= 11 is 0. The number of hydrogen-bond acceptors (Lipinski definition) is 6. The summed E-state index contributed by atoms with van der Waals surface area (Å²) in [5.74, 6) is 1.81. The van der Waals surface area contributed by atoms with Crippen LogP contribution in [0.15, 0.2) is 66.9 Å². The fraction of sp³-hybridized carbons (Fsp3) is 0.312. The lowest BCUT2D eigenvalue weighted by molar-refractivity contribution is 0.0784. The van der Waals surface area contributed by atoms with Crippen LogP contribution in [0.3, 0.4) is 0 Å². The molecule has 0 aliphatic heterocycles. The monoisotopic (exact) mass is 538 g/mol. The van der Waals surface area contributed by atoms with Gasteiger partial charge in [0.25, 0.3) is 5.91 Å². The van der Waals surface area contributed by atoms with E-state index in [4.69, 9.17) is 14.6 Å². The maximum Gasteiger partial charge on any atom is 0.255 e. The zero-order chi connectivity index (χ0) is 28.4. The van der Waals surface area contributed by atoms with Crippen molar-refractivity contribution in [3.63, 3.8) is 0 Å². The molecule has 8 heteroatoms. The Labute approximate surface area is 234 Å². The van der Waals surface area contributed by atoms with Crippen LogP contribution in [-0.2, 0) is 19.4 Å². The lowest BCUT2D eigenvalue weighted by atomic mass is 9.75. The normalized spacial score (nSPS) is 14.0. The highest BCUT2D eigenvalue weighted by Gasteiger charge is 2.37. The van der Waals surface area contributed by atoms with Crippen molar-refractivity contribution >= 4 is 11.7 Å². The number of amides is 1. The second-order valence-corrected chi connectivity index (χ2v) is 11.0. The van der Waals surface area contributed by atoms with E-state index in [2.05, 4.69) is 18.8 Å². The standard InChI is InChI=1S/C32H34N4O4/c1-32(2)17-25-30(26(37)18-32)24(15-22-11-13-27(39-4)28(16-22)40-5)34-36(25)29-14-12-23(19-33-29)31(38)35(3)20-21-9-7-6-8-10-21/h6-14,16,19H,15,17-18,20H2,1-5H3. The molecule has 1 aliphatic rings. The first-order chi connectivity index (χ1) is 19.2. The van der Waals surface area contributed by atoms with Crippen molar-refractivity contribution < 1.29 is 19.1 Å². The molecule has 1 amide bonds. The fourth-order valence-corrected chi connectivity index (χ4v) is 5.31. The molecule has 0 N–H and O–H groups in total. The fourth-order valence-electron chi connectivity index (χ4n) is 5.31. The molecule has 0 unspecified atom stereocenters. The number of aromatic nitrogens is 3. The molecular weight excluding hydrogens is 504 g/mol. The molecule has 0 bridgehead atoms. The van der Waals surface area contributed by atoms with Gasteiger partial charge in [0.15, 0.2) is 23.1 Å². The van der Waals surface area contributed by atoms with Crippen LogP contribution in [0.4, 0.5) is 0 Å². The number of hydrogen-bond donors (Lipinski definition) is 0. The van der Waals surface area contributed by atoms with Crippen LogP contribution in [0.2, 0.25) is 0 Å². The SMILES string of the molecule is COc1ccc(Cc2nn(-c3ccc(C(=O)N(C)Cc4ccccc4)cn3)c3c2C(=O)CC(C)(C)C3)cc1OC. The van der Waals surface area contributed by atoms with Crippen LogP contribution >= 0.6 is 0 Å². The highest BCUT2D eigenvalue weighted by Crippen LogP contribution is 2.38. The van der Waals surface area contributed by atoms with Gasteiger partial charge in [0.2, 0.25) is 0 Å². The number of pyridine rings is 1. The number of methoxy groups -OCH3 is 2. The molecule has 5 rings (SSSR count). The topological polar surface area (TPSA) is 86.6 Å². The molecule has 0 fully saturated rings. The molecule has 2 heterocycles. The van der Waals surface area contributed by atoms with Gasteiger partial charge in [-0.1, -0.05) is 50.2 Å². The smallest absolute Gasteiger partial charge is 0.255 e. The lowest BCUT2D eigenvalue weighted by Crippen LogP contribution is -2.28. The Kier molecular flexibility index (Phi) is 7.43. The Morgan fingerprint density at radius 2 is 1.73 bits per heavy atom. The van der Waals surface area contributed by atoms with Gasteiger partial charge in [0.1, 0.15) is 0 Å². The molecule has 0 saturated heterocycles. The van der Waals surface area contributed by atoms with Crippen molar-refractivity contribution in [1.29, 1.82) is 0 Å². The van der Waals surface area contributed by atoms with Crippen LogP contribution in [0, 0.1) is 5.41 Å². The van der Waals surface area contributed by atoms with E-state index in [1.54, 1.807) is 49.2 Å². The molecule has 2 aromatic carbocycles. The number of rotatable bonds is 8. The van der Waals surface area contributed by atoms with E-state index in [-0.39, 0.29) is 17.1 Å². The number of ketones is 1. The van der Waals surface area contributed by atoms with E-state index >= 15 is 0 Å². The van der Waals surface area contributed by atoms with Crippen molar-refractivity contribution in [3.05, 3.63) is 101 Å². The van der Waals surface area contributed by atoms with E-state index in [1.807, 2.05) is 48.5 Å². The highest BCUT2D eigenvalue weighted by atomic mass is 16.5. The van der Waals surface area contributed by atoms with Crippen molar-refractivity contribution in [2.45, 2.75) is 39.7 Å². The summed E-state index contributed by atoms with van der Waals surface area (Å²) in [6.07, 6.45) is 3.19. The quantitative estimate of drug-likeness (QED) is 0.303. The molecule has 1 aliphatic carbocycles. The molecule has 40 heavy (non-hydrogen) atoms. The third-order valence-corrected chi connectivity index (χ3v) is 7.26. The number of ether oxygens (including phenoxy) is 2. The van der Waals surface area contributed by atoms with Gasteiger partial charge in [-0.25, -0.2) is 9.67 Å². The van der Waals surface area contributed by atoms with Gasteiger partial charge < -0.3 is 14.4 Å². The molecule has 8 nitrogen and oxygen atoms in total. The zero-order valence-corrected chi connectivity index (χ0v) is 23.6. The predicted octanol–water partition coefficient (Wildman–Crippen LogP) is 5.30. The van der Waals surface area contributed by atoms with Gasteiger partial charge >= 0.3 is 0 Å². The summed E-state index contributed by atoms with van der Waals surface area (Å²) in [7, 11) is 4.98. The van der Waals surface area contributed by atoms with Crippen molar-refractivity contribution in [2.75, 3.05) is 21.3 Å². The lowest BCUT2D eigenvalue weighted by Gasteiger charge is -2.29. The molecule has 0 radical (unpaired) electrons. The molecule has 0 saturated carbocycles. The van der Waals surface area contributed by atoms with Gasteiger partial charge in [-0.15, -0.1) is 0 Å². The van der Waals surface area contributed by atoms with E-state index in [0.717, 1.165) is 16.8 Å². The molecule has 2 aromatic heterocycles. The number of benzene rings is 2. The maximum absolute atomic E-state index is 13.4. The summed E-state index contributed by atoms with van der Waals surface area (Å²) in [5, 5.41) is 4.90. The Balaban J connectivity index is 1.46. The van der Waals surface area contributed by atoms with Crippen molar-refractivity contribution in [1.82, 2.24) is 19.7 Å². The van der Waals surface area contributed by atoms with Crippen LogP contribution < -0.4 is 9.47 Å². The predicted molar refractivity (Wildman–Crippen MR) is 152 cm³/mol. The van der Waals surface area contributed by atoms with Crippen molar-refractivity contribution in [2.24, 2.45) is 5.41 Å². The number of fused-ring (bicyclic) bond motifs is 1. The number of Topliss-reactive ketones (excluding diaryl/α,β-unsaturated/α-hetero) is 1. The molecule has 0 spiro atoms. The molecule has 4 aromatic rings. The van der Waals surface area contributed by atoms with Gasteiger partial charge in [0.05, 0.1) is 36.7 Å². The second kappa shape index (κ2) is 11.0. The summed E-state index contributed by atoms with van der Waals surface area (Å²) in [6.45, 7) is 4.69. The molecular formula is C32H34N4O4. The largest absolute Gasteiger partial charge is 0.493 e. The molecule has 206 valence electrons. The Morgan fingerprint density at radius 1 is 0.975 bits per heavy atom. The highest BCUT2D eigenvalue weighted by molar-refractivity contribution is 6.00. The summed E-state index contributed by atoms with van der Waals surface area (Å²) in [4.78, 5) is 32.7. The van der Waals surface area contributed by atoms with Gasteiger partial charge in [-0.3, -0.25) is 9.59 Å². The number of carbonyl (C=O) groups excluding carboxylic acids is 2. The van der Waals surface area contributed by atoms with E-state index < -0.39 is 0 Å². The van der Waals surface area contributed by atoms with Crippen LogP contribution in [-0.4, -0.2) is 52.6 Å².